The van der Waals surface area contributed by atoms with E-state index in [-0.39, 0.29) is 5.97 Å². The van der Waals surface area contributed by atoms with Gasteiger partial charge in [-0.25, -0.2) is 4.79 Å². The third-order valence-electron chi connectivity index (χ3n) is 4.82. The first-order valence-electron chi connectivity index (χ1n) is 10.4. The van der Waals surface area contributed by atoms with Crippen molar-refractivity contribution in [2.24, 2.45) is 0 Å². The van der Waals surface area contributed by atoms with Crippen molar-refractivity contribution in [3.63, 3.8) is 0 Å². The zero-order valence-electron chi connectivity index (χ0n) is 18.0. The summed E-state index contributed by atoms with van der Waals surface area (Å²) in [5, 5.41) is 4.72. The summed E-state index contributed by atoms with van der Waals surface area (Å²) < 4.78 is 18.1. The van der Waals surface area contributed by atoms with Gasteiger partial charge in [0.05, 0.1) is 24.7 Å². The normalized spacial score (nSPS) is 12.2. The van der Waals surface area contributed by atoms with Crippen LogP contribution in [0.15, 0.2) is 71.6 Å². The van der Waals surface area contributed by atoms with E-state index in [9.17, 15) is 4.79 Å². The predicted octanol–water partition coefficient (Wildman–Crippen LogP) is 6.57. The van der Waals surface area contributed by atoms with Crippen molar-refractivity contribution in [2.45, 2.75) is 32.1 Å². The number of carbonyl (C=O) groups excluding carboxylic acids is 1. The summed E-state index contributed by atoms with van der Waals surface area (Å²) in [6.45, 7) is 10.7. The molecule has 3 aromatic rings. The molecule has 0 saturated heterocycles. The standard InChI is InChI=1S/C25H30O4S/c1-5-28-30(29-6-2,17-11-16-27-25(26)19(3)4)24-18-20-12-7-8-13-21(20)22-14-9-10-15-23(22)24/h7-10,12-15,18H,3,5-6,11,16-17H2,1-2,4H3. The van der Waals surface area contributed by atoms with Crippen LogP contribution in [0.2, 0.25) is 0 Å². The van der Waals surface area contributed by atoms with Gasteiger partial charge in [-0.05, 0) is 49.4 Å². The molecule has 5 heteroatoms. The second-order valence-corrected chi connectivity index (χ2v) is 9.59. The summed E-state index contributed by atoms with van der Waals surface area (Å²) in [7, 11) is -2.03. The summed E-state index contributed by atoms with van der Waals surface area (Å²) in [5.41, 5.74) is 0.406. The molecule has 0 spiro atoms. The summed E-state index contributed by atoms with van der Waals surface area (Å²) in [4.78, 5) is 12.8. The maximum Gasteiger partial charge on any atom is 0.333 e. The number of carbonyl (C=O) groups is 1. The molecule has 4 nitrogen and oxygen atoms in total. The lowest BCUT2D eigenvalue weighted by Crippen LogP contribution is -2.17. The van der Waals surface area contributed by atoms with Gasteiger partial charge >= 0.3 is 5.97 Å². The van der Waals surface area contributed by atoms with Gasteiger partial charge in [0.2, 0.25) is 0 Å². The summed E-state index contributed by atoms with van der Waals surface area (Å²) in [6, 6.07) is 19.0. The maximum absolute atomic E-state index is 11.7. The molecule has 3 rings (SSSR count). The van der Waals surface area contributed by atoms with Gasteiger partial charge in [0.1, 0.15) is 0 Å². The number of ether oxygens (including phenoxy) is 1. The van der Waals surface area contributed by atoms with Crippen LogP contribution in [0.3, 0.4) is 0 Å². The Morgan fingerprint density at radius 1 is 0.933 bits per heavy atom. The largest absolute Gasteiger partial charge is 0.462 e. The highest BCUT2D eigenvalue weighted by molar-refractivity contribution is 8.26. The van der Waals surface area contributed by atoms with Crippen molar-refractivity contribution >= 4 is 38.1 Å². The van der Waals surface area contributed by atoms with E-state index in [1.54, 1.807) is 6.92 Å². The number of fused-ring (bicyclic) bond motifs is 3. The molecule has 0 bridgehead atoms. The van der Waals surface area contributed by atoms with Gasteiger partial charge in [0, 0.05) is 16.7 Å². The lowest BCUT2D eigenvalue weighted by Gasteiger charge is -2.44. The minimum absolute atomic E-state index is 0.312. The molecule has 0 aliphatic rings. The maximum atomic E-state index is 11.7. The van der Waals surface area contributed by atoms with E-state index in [4.69, 9.17) is 13.1 Å². The summed E-state index contributed by atoms with van der Waals surface area (Å²) in [5.74, 6) is 0.292. The molecular formula is C25H30O4S. The molecular weight excluding hydrogens is 396 g/mol. The molecule has 0 fully saturated rings. The molecule has 0 aliphatic carbocycles. The Hall–Kier alpha value is -2.34. The zero-order valence-corrected chi connectivity index (χ0v) is 18.8. The fourth-order valence-electron chi connectivity index (χ4n) is 3.58. The van der Waals surface area contributed by atoms with E-state index >= 15 is 0 Å². The SMILES string of the molecule is C=C(C)C(=O)OCCCS(OCC)(OCC)c1cc2ccccc2c2ccccc12. The van der Waals surface area contributed by atoms with Gasteiger partial charge in [0.25, 0.3) is 0 Å². The monoisotopic (exact) mass is 426 g/mol. The topological polar surface area (TPSA) is 44.8 Å². The van der Waals surface area contributed by atoms with Crippen molar-refractivity contribution in [1.82, 2.24) is 0 Å². The van der Waals surface area contributed by atoms with Crippen LogP contribution in [0.1, 0.15) is 27.2 Å². The molecule has 0 aromatic heterocycles. The van der Waals surface area contributed by atoms with Crippen LogP contribution in [0.4, 0.5) is 0 Å². The fourth-order valence-corrected chi connectivity index (χ4v) is 6.44. The Bertz CT molecular complexity index is 1040. The van der Waals surface area contributed by atoms with E-state index in [0.717, 1.165) is 15.7 Å². The van der Waals surface area contributed by atoms with Crippen LogP contribution in [-0.4, -0.2) is 31.5 Å². The van der Waals surface area contributed by atoms with Gasteiger partial charge in [-0.1, -0.05) is 55.1 Å². The van der Waals surface area contributed by atoms with Crippen molar-refractivity contribution in [1.29, 1.82) is 0 Å². The van der Waals surface area contributed by atoms with Gasteiger partial charge in [-0.2, -0.15) is 10.6 Å². The number of hydrogen-bond donors (Lipinski definition) is 0. The van der Waals surface area contributed by atoms with Crippen LogP contribution < -0.4 is 0 Å². The van der Waals surface area contributed by atoms with Gasteiger partial charge in [-0.3, -0.25) is 8.37 Å². The van der Waals surface area contributed by atoms with E-state index in [0.29, 0.717) is 37.6 Å². The van der Waals surface area contributed by atoms with Crippen molar-refractivity contribution < 1.29 is 17.9 Å². The highest BCUT2D eigenvalue weighted by Gasteiger charge is 2.27. The summed E-state index contributed by atoms with van der Waals surface area (Å²) in [6.07, 6.45) is 0.648. The Balaban J connectivity index is 2.05. The first-order chi connectivity index (χ1) is 14.5. The molecule has 3 aromatic carbocycles. The first-order valence-corrected chi connectivity index (χ1v) is 12.0. The van der Waals surface area contributed by atoms with Crippen molar-refractivity contribution in [3.05, 3.63) is 66.7 Å². The molecule has 0 N–H and O–H groups in total. The lowest BCUT2D eigenvalue weighted by atomic mass is 10.0. The minimum atomic E-state index is -2.03. The van der Waals surface area contributed by atoms with E-state index < -0.39 is 10.6 Å². The average Bonchev–Trinajstić information content (AvgIpc) is 2.76. The molecule has 0 amide bonds. The highest BCUT2D eigenvalue weighted by Crippen LogP contribution is 2.61. The molecule has 160 valence electrons. The van der Waals surface area contributed by atoms with Crippen LogP contribution in [0.5, 0.6) is 0 Å². The van der Waals surface area contributed by atoms with Crippen LogP contribution in [0.25, 0.3) is 21.5 Å². The molecule has 0 radical (unpaired) electrons. The van der Waals surface area contributed by atoms with Gasteiger partial charge in [-0.15, -0.1) is 0 Å². The van der Waals surface area contributed by atoms with Gasteiger partial charge in [0.15, 0.2) is 0 Å². The Labute approximate surface area is 180 Å². The minimum Gasteiger partial charge on any atom is -0.462 e. The summed E-state index contributed by atoms with van der Waals surface area (Å²) >= 11 is 0. The highest BCUT2D eigenvalue weighted by atomic mass is 32.3. The average molecular weight is 427 g/mol. The second-order valence-electron chi connectivity index (χ2n) is 7.04. The third kappa shape index (κ3) is 4.69. The Kier molecular flexibility index (Phi) is 7.53. The number of hydrogen-bond acceptors (Lipinski definition) is 4. The lowest BCUT2D eigenvalue weighted by molar-refractivity contribution is -0.138. The molecule has 0 aliphatic heterocycles. The fraction of sp³-hybridized carbons (Fsp3) is 0.320. The number of rotatable bonds is 10. The van der Waals surface area contributed by atoms with E-state index in [1.165, 1.54) is 10.8 Å². The number of benzene rings is 3. The Morgan fingerprint density at radius 2 is 1.53 bits per heavy atom. The Morgan fingerprint density at radius 3 is 2.17 bits per heavy atom. The van der Waals surface area contributed by atoms with Crippen LogP contribution in [-0.2, 0) is 17.9 Å². The molecule has 0 saturated carbocycles. The van der Waals surface area contributed by atoms with E-state index in [2.05, 4.69) is 61.2 Å². The molecule has 30 heavy (non-hydrogen) atoms. The number of esters is 1. The molecule has 0 heterocycles. The smallest absolute Gasteiger partial charge is 0.333 e. The van der Waals surface area contributed by atoms with Crippen molar-refractivity contribution in [3.8, 4) is 0 Å². The predicted molar refractivity (Wildman–Crippen MR) is 126 cm³/mol. The second kappa shape index (κ2) is 10.1. The molecule has 0 atom stereocenters. The first kappa shape index (κ1) is 22.3. The van der Waals surface area contributed by atoms with Crippen molar-refractivity contribution in [2.75, 3.05) is 25.6 Å². The van der Waals surface area contributed by atoms with Crippen LogP contribution in [0, 0.1) is 0 Å². The zero-order chi connectivity index (χ0) is 21.6. The van der Waals surface area contributed by atoms with Crippen LogP contribution >= 0.6 is 10.6 Å². The quantitative estimate of drug-likeness (QED) is 0.159. The van der Waals surface area contributed by atoms with Gasteiger partial charge < -0.3 is 4.74 Å². The van der Waals surface area contributed by atoms with E-state index in [1.807, 2.05) is 13.8 Å². The molecule has 0 unspecified atom stereocenters. The third-order valence-corrected chi connectivity index (χ3v) is 7.89.